The van der Waals surface area contributed by atoms with Crippen molar-refractivity contribution >= 4 is 5.91 Å². The fourth-order valence-corrected chi connectivity index (χ4v) is 1.64. The number of amides is 1. The number of methoxy groups -OCH3 is 1. The number of ether oxygens (including phenoxy) is 1. The standard InChI is InChI=1S/C13H19NO2/c1-5-14(10(2)3)13(15)11-6-8-12(16-4)9-7-11/h6-10H,5H2,1-4H3. The maximum absolute atomic E-state index is 12.1. The molecular weight excluding hydrogens is 202 g/mol. The van der Waals surface area contributed by atoms with E-state index in [0.717, 1.165) is 12.3 Å². The minimum atomic E-state index is 0.0696. The summed E-state index contributed by atoms with van der Waals surface area (Å²) in [4.78, 5) is 13.9. The van der Waals surface area contributed by atoms with Crippen molar-refractivity contribution in [2.45, 2.75) is 26.8 Å². The van der Waals surface area contributed by atoms with Crippen molar-refractivity contribution in [3.8, 4) is 5.75 Å². The van der Waals surface area contributed by atoms with Gasteiger partial charge in [-0.2, -0.15) is 0 Å². The van der Waals surface area contributed by atoms with Crippen LogP contribution < -0.4 is 4.74 Å². The van der Waals surface area contributed by atoms with Crippen molar-refractivity contribution < 1.29 is 9.53 Å². The molecule has 3 nitrogen and oxygen atoms in total. The molecule has 0 fully saturated rings. The van der Waals surface area contributed by atoms with Crippen LogP contribution in [-0.2, 0) is 0 Å². The molecule has 0 saturated carbocycles. The van der Waals surface area contributed by atoms with Gasteiger partial charge in [0.1, 0.15) is 5.75 Å². The van der Waals surface area contributed by atoms with Gasteiger partial charge in [-0.1, -0.05) is 0 Å². The molecule has 0 spiro atoms. The van der Waals surface area contributed by atoms with E-state index < -0.39 is 0 Å². The van der Waals surface area contributed by atoms with E-state index >= 15 is 0 Å². The van der Waals surface area contributed by atoms with Crippen molar-refractivity contribution in [3.63, 3.8) is 0 Å². The second-order valence-corrected chi connectivity index (χ2v) is 3.91. The average molecular weight is 221 g/mol. The van der Waals surface area contributed by atoms with Crippen molar-refractivity contribution in [2.75, 3.05) is 13.7 Å². The number of nitrogens with zero attached hydrogens (tertiary/aromatic N) is 1. The summed E-state index contributed by atoms with van der Waals surface area (Å²) in [5.41, 5.74) is 0.705. The highest BCUT2D eigenvalue weighted by atomic mass is 16.5. The molecule has 0 aliphatic heterocycles. The Morgan fingerprint density at radius 2 is 1.88 bits per heavy atom. The van der Waals surface area contributed by atoms with Gasteiger partial charge in [0.25, 0.3) is 5.91 Å². The molecule has 0 radical (unpaired) electrons. The Labute approximate surface area is 97.0 Å². The molecule has 0 bridgehead atoms. The van der Waals surface area contributed by atoms with Crippen LogP contribution in [0.2, 0.25) is 0 Å². The van der Waals surface area contributed by atoms with Crippen molar-refractivity contribution in [3.05, 3.63) is 29.8 Å². The third-order valence-electron chi connectivity index (χ3n) is 2.56. The number of rotatable bonds is 4. The second kappa shape index (κ2) is 5.54. The van der Waals surface area contributed by atoms with Gasteiger partial charge in [-0.15, -0.1) is 0 Å². The monoisotopic (exact) mass is 221 g/mol. The lowest BCUT2D eigenvalue weighted by molar-refractivity contribution is 0.0717. The molecule has 0 aliphatic carbocycles. The molecule has 1 aromatic carbocycles. The highest BCUT2D eigenvalue weighted by Crippen LogP contribution is 2.14. The Morgan fingerprint density at radius 1 is 1.31 bits per heavy atom. The van der Waals surface area contributed by atoms with Crippen LogP contribution in [0, 0.1) is 0 Å². The zero-order chi connectivity index (χ0) is 12.1. The maximum Gasteiger partial charge on any atom is 0.254 e. The number of carbonyl (C=O) groups is 1. The molecule has 16 heavy (non-hydrogen) atoms. The molecule has 0 heterocycles. The molecule has 0 N–H and O–H groups in total. The van der Waals surface area contributed by atoms with E-state index in [1.54, 1.807) is 31.4 Å². The normalized spacial score (nSPS) is 10.3. The topological polar surface area (TPSA) is 29.5 Å². The summed E-state index contributed by atoms with van der Waals surface area (Å²) in [5, 5.41) is 0. The van der Waals surface area contributed by atoms with Gasteiger partial charge >= 0.3 is 0 Å². The molecule has 1 aromatic rings. The van der Waals surface area contributed by atoms with Crippen LogP contribution in [0.4, 0.5) is 0 Å². The minimum absolute atomic E-state index is 0.0696. The summed E-state index contributed by atoms with van der Waals surface area (Å²) in [6, 6.07) is 7.43. The first kappa shape index (κ1) is 12.6. The van der Waals surface area contributed by atoms with Gasteiger partial charge in [-0.3, -0.25) is 4.79 Å². The Bertz CT molecular complexity index is 343. The first-order valence-corrected chi connectivity index (χ1v) is 5.55. The smallest absolute Gasteiger partial charge is 0.254 e. The minimum Gasteiger partial charge on any atom is -0.497 e. The highest BCUT2D eigenvalue weighted by molar-refractivity contribution is 5.94. The van der Waals surface area contributed by atoms with E-state index in [2.05, 4.69) is 0 Å². The fraction of sp³-hybridized carbons (Fsp3) is 0.462. The predicted octanol–water partition coefficient (Wildman–Crippen LogP) is 2.57. The quantitative estimate of drug-likeness (QED) is 0.782. The van der Waals surface area contributed by atoms with Crippen molar-refractivity contribution in [2.24, 2.45) is 0 Å². The summed E-state index contributed by atoms with van der Waals surface area (Å²) in [7, 11) is 1.61. The highest BCUT2D eigenvalue weighted by Gasteiger charge is 2.16. The largest absolute Gasteiger partial charge is 0.497 e. The van der Waals surface area contributed by atoms with Crippen LogP contribution in [0.3, 0.4) is 0 Å². The van der Waals surface area contributed by atoms with Gasteiger partial charge in [0.15, 0.2) is 0 Å². The summed E-state index contributed by atoms with van der Waals surface area (Å²) in [6.45, 7) is 6.75. The van der Waals surface area contributed by atoms with E-state index in [1.165, 1.54) is 0 Å². The van der Waals surface area contributed by atoms with Gasteiger partial charge < -0.3 is 9.64 Å². The van der Waals surface area contributed by atoms with Crippen LogP contribution in [0.15, 0.2) is 24.3 Å². The summed E-state index contributed by atoms with van der Waals surface area (Å²) in [6.07, 6.45) is 0. The molecule has 1 amide bonds. The van der Waals surface area contributed by atoms with Crippen LogP contribution in [0.25, 0.3) is 0 Å². The Kier molecular flexibility index (Phi) is 4.35. The molecule has 0 aliphatic rings. The molecular formula is C13H19NO2. The Morgan fingerprint density at radius 3 is 2.25 bits per heavy atom. The summed E-state index contributed by atoms with van der Waals surface area (Å²) >= 11 is 0. The lowest BCUT2D eigenvalue weighted by Crippen LogP contribution is -2.36. The van der Waals surface area contributed by atoms with Crippen LogP contribution in [0.1, 0.15) is 31.1 Å². The summed E-state index contributed by atoms with van der Waals surface area (Å²) in [5.74, 6) is 0.837. The van der Waals surface area contributed by atoms with Gasteiger partial charge in [0, 0.05) is 18.2 Å². The van der Waals surface area contributed by atoms with Gasteiger partial charge in [0.05, 0.1) is 7.11 Å². The first-order valence-electron chi connectivity index (χ1n) is 5.55. The fourth-order valence-electron chi connectivity index (χ4n) is 1.64. The molecule has 0 aromatic heterocycles. The SMILES string of the molecule is CCN(C(=O)c1ccc(OC)cc1)C(C)C. The van der Waals surface area contributed by atoms with Crippen LogP contribution in [0.5, 0.6) is 5.75 Å². The van der Waals surface area contributed by atoms with E-state index in [9.17, 15) is 4.79 Å². The number of carbonyl (C=O) groups excluding carboxylic acids is 1. The first-order chi connectivity index (χ1) is 7.60. The lowest BCUT2D eigenvalue weighted by Gasteiger charge is -2.25. The molecule has 88 valence electrons. The van der Waals surface area contributed by atoms with Crippen molar-refractivity contribution in [1.82, 2.24) is 4.90 Å². The number of hydrogen-bond acceptors (Lipinski definition) is 2. The van der Waals surface area contributed by atoms with E-state index in [0.29, 0.717) is 5.56 Å². The third kappa shape index (κ3) is 2.75. The zero-order valence-corrected chi connectivity index (χ0v) is 10.4. The predicted molar refractivity (Wildman–Crippen MR) is 64.8 cm³/mol. The van der Waals surface area contributed by atoms with E-state index in [1.807, 2.05) is 25.7 Å². The zero-order valence-electron chi connectivity index (χ0n) is 10.4. The van der Waals surface area contributed by atoms with Gasteiger partial charge in [-0.25, -0.2) is 0 Å². The number of benzene rings is 1. The molecule has 0 unspecified atom stereocenters. The molecule has 3 heteroatoms. The van der Waals surface area contributed by atoms with E-state index in [-0.39, 0.29) is 11.9 Å². The number of hydrogen-bond donors (Lipinski definition) is 0. The summed E-state index contributed by atoms with van der Waals surface area (Å²) < 4.78 is 5.06. The van der Waals surface area contributed by atoms with Gasteiger partial charge in [0.2, 0.25) is 0 Å². The lowest BCUT2D eigenvalue weighted by atomic mass is 10.1. The van der Waals surface area contributed by atoms with Gasteiger partial charge in [-0.05, 0) is 45.0 Å². The van der Waals surface area contributed by atoms with Crippen molar-refractivity contribution in [1.29, 1.82) is 0 Å². The average Bonchev–Trinajstić information content (AvgIpc) is 2.29. The second-order valence-electron chi connectivity index (χ2n) is 3.91. The van der Waals surface area contributed by atoms with E-state index in [4.69, 9.17) is 4.74 Å². The molecule has 0 saturated heterocycles. The van der Waals surface area contributed by atoms with Crippen LogP contribution in [-0.4, -0.2) is 30.5 Å². The Hall–Kier alpha value is -1.51. The molecule has 0 atom stereocenters. The Balaban J connectivity index is 2.86. The van der Waals surface area contributed by atoms with Crippen LogP contribution >= 0.6 is 0 Å². The molecule has 1 rings (SSSR count). The third-order valence-corrected chi connectivity index (χ3v) is 2.56. The maximum atomic E-state index is 12.1.